The number of rotatable bonds is 9. The van der Waals surface area contributed by atoms with E-state index in [4.69, 9.17) is 4.74 Å². The van der Waals surface area contributed by atoms with Crippen LogP contribution in [0, 0.1) is 5.82 Å². The summed E-state index contributed by atoms with van der Waals surface area (Å²) in [6.45, 7) is 9.04. The van der Waals surface area contributed by atoms with Gasteiger partial charge in [0.1, 0.15) is 11.4 Å². The molecule has 0 unspecified atom stereocenters. The van der Waals surface area contributed by atoms with Crippen LogP contribution in [-0.2, 0) is 33.3 Å². The van der Waals surface area contributed by atoms with Crippen molar-refractivity contribution in [3.8, 4) is 0 Å². The Morgan fingerprint density at radius 1 is 1.03 bits per heavy atom. The van der Waals surface area contributed by atoms with Crippen molar-refractivity contribution < 1.29 is 31.9 Å². The molecule has 0 saturated carbocycles. The lowest BCUT2D eigenvalue weighted by molar-refractivity contribution is 0.0139. The number of methoxy groups -OCH3 is 1. The molecule has 38 heavy (non-hydrogen) atoms. The second-order valence-corrected chi connectivity index (χ2v) is 11.1. The van der Waals surface area contributed by atoms with Crippen LogP contribution in [0.3, 0.4) is 0 Å². The topological polar surface area (TPSA) is 96.5 Å². The standard InChI is InChI=1S/C27H36FN3O6S/c1-27(2,3)37-26(33)30-16-14-29(15-17-30)19-20-7-11-23(12-8-20)31(38(34)35)13-5-6-21-9-10-22(18-24(21)28)25(32)36-4/h7-12,18,38H,5-6,13-17,19H2,1-4H3. The van der Waals surface area contributed by atoms with Crippen molar-refractivity contribution in [2.75, 3.05) is 44.1 Å². The van der Waals surface area contributed by atoms with Crippen molar-refractivity contribution in [2.24, 2.45) is 0 Å². The number of nitrogens with zero attached hydrogens (tertiary/aromatic N) is 3. The SMILES string of the molecule is COC(=O)c1ccc(CCCN(c2ccc(CN3CCN(C(=O)OC(C)(C)C)CC3)cc2)[SH](=O)=O)c(F)c1. The van der Waals surface area contributed by atoms with Crippen LogP contribution in [0.15, 0.2) is 42.5 Å². The molecule has 0 radical (unpaired) electrons. The number of hydrogen-bond acceptors (Lipinski definition) is 7. The van der Waals surface area contributed by atoms with Crippen molar-refractivity contribution in [1.29, 1.82) is 0 Å². The van der Waals surface area contributed by atoms with Gasteiger partial charge in [-0.2, -0.15) is 0 Å². The van der Waals surface area contributed by atoms with Gasteiger partial charge in [0.05, 0.1) is 18.4 Å². The Hall–Kier alpha value is -3.18. The van der Waals surface area contributed by atoms with E-state index in [-0.39, 0.29) is 18.2 Å². The number of aryl methyl sites for hydroxylation is 1. The summed E-state index contributed by atoms with van der Waals surface area (Å²) in [4.78, 5) is 27.7. The molecule has 2 aromatic rings. The van der Waals surface area contributed by atoms with E-state index < -0.39 is 28.3 Å². The summed E-state index contributed by atoms with van der Waals surface area (Å²) in [6.07, 6.45) is 0.427. The maximum Gasteiger partial charge on any atom is 0.410 e. The number of piperazine rings is 1. The summed E-state index contributed by atoms with van der Waals surface area (Å²) in [5.41, 5.74) is 1.59. The molecule has 208 valence electrons. The van der Waals surface area contributed by atoms with Gasteiger partial charge in [0, 0.05) is 39.3 Å². The fourth-order valence-corrected chi connectivity index (χ4v) is 4.79. The maximum atomic E-state index is 14.3. The first-order valence-corrected chi connectivity index (χ1v) is 13.7. The summed E-state index contributed by atoms with van der Waals surface area (Å²) in [5.74, 6) is -1.14. The third-order valence-electron chi connectivity index (χ3n) is 6.15. The first-order chi connectivity index (χ1) is 18.0. The minimum absolute atomic E-state index is 0.128. The van der Waals surface area contributed by atoms with Gasteiger partial charge >= 0.3 is 12.1 Å². The van der Waals surface area contributed by atoms with E-state index in [1.807, 2.05) is 32.9 Å². The summed E-state index contributed by atoms with van der Waals surface area (Å²) < 4.78 is 49.5. The molecule has 2 aromatic carbocycles. The zero-order chi connectivity index (χ0) is 27.9. The number of amides is 1. The molecular formula is C27H36FN3O6S. The number of hydrogen-bond donors (Lipinski definition) is 1. The first-order valence-electron chi connectivity index (χ1n) is 12.5. The van der Waals surface area contributed by atoms with Crippen molar-refractivity contribution in [2.45, 2.75) is 45.8 Å². The molecule has 3 rings (SSSR count). The van der Waals surface area contributed by atoms with Gasteiger partial charge in [-0.15, -0.1) is 0 Å². The minimum atomic E-state index is -2.87. The number of esters is 1. The third kappa shape index (κ3) is 8.42. The zero-order valence-electron chi connectivity index (χ0n) is 22.3. The Balaban J connectivity index is 1.51. The van der Waals surface area contributed by atoms with E-state index >= 15 is 0 Å². The highest BCUT2D eigenvalue weighted by atomic mass is 32.2. The lowest BCUT2D eigenvalue weighted by Gasteiger charge is -2.35. The Bertz CT molecular complexity index is 1180. The molecule has 1 heterocycles. The van der Waals surface area contributed by atoms with E-state index in [9.17, 15) is 22.4 Å². The lowest BCUT2D eigenvalue weighted by Crippen LogP contribution is -2.49. The lowest BCUT2D eigenvalue weighted by atomic mass is 10.1. The minimum Gasteiger partial charge on any atom is -0.465 e. The Kier molecular flexibility index (Phi) is 10.1. The normalized spacial score (nSPS) is 14.4. The molecule has 0 spiro atoms. The van der Waals surface area contributed by atoms with Gasteiger partial charge in [-0.25, -0.2) is 22.4 Å². The van der Waals surface area contributed by atoms with Crippen LogP contribution in [0.2, 0.25) is 0 Å². The van der Waals surface area contributed by atoms with Gasteiger partial charge in [0.25, 0.3) is 0 Å². The molecule has 1 aliphatic heterocycles. The Morgan fingerprint density at radius 2 is 1.68 bits per heavy atom. The number of carbonyl (C=O) groups excluding carboxylic acids is 2. The van der Waals surface area contributed by atoms with E-state index in [1.165, 1.54) is 23.5 Å². The molecule has 0 atom stereocenters. The number of benzene rings is 2. The molecule has 0 aliphatic carbocycles. The third-order valence-corrected chi connectivity index (χ3v) is 6.98. The Labute approximate surface area is 225 Å². The fraction of sp³-hybridized carbons (Fsp3) is 0.481. The highest BCUT2D eigenvalue weighted by molar-refractivity contribution is 7.74. The van der Waals surface area contributed by atoms with Gasteiger partial charge in [0.2, 0.25) is 10.9 Å². The van der Waals surface area contributed by atoms with Crippen molar-refractivity contribution in [3.63, 3.8) is 0 Å². The predicted octanol–water partition coefficient (Wildman–Crippen LogP) is 3.63. The van der Waals surface area contributed by atoms with Crippen LogP contribution >= 0.6 is 0 Å². The largest absolute Gasteiger partial charge is 0.465 e. The summed E-state index contributed by atoms with van der Waals surface area (Å²) >= 11 is 0. The second kappa shape index (κ2) is 13.1. The maximum absolute atomic E-state index is 14.3. The molecule has 1 aliphatic rings. The smallest absolute Gasteiger partial charge is 0.410 e. The summed E-state index contributed by atoms with van der Waals surface area (Å²) in [7, 11) is -1.64. The van der Waals surface area contributed by atoms with E-state index in [0.29, 0.717) is 43.7 Å². The highest BCUT2D eigenvalue weighted by Gasteiger charge is 2.25. The molecule has 9 nitrogen and oxygen atoms in total. The molecule has 0 bridgehead atoms. The monoisotopic (exact) mass is 549 g/mol. The van der Waals surface area contributed by atoms with E-state index in [2.05, 4.69) is 9.64 Å². The van der Waals surface area contributed by atoms with Crippen LogP contribution in [0.4, 0.5) is 14.9 Å². The molecule has 0 N–H and O–H groups in total. The highest BCUT2D eigenvalue weighted by Crippen LogP contribution is 2.20. The molecule has 1 saturated heterocycles. The van der Waals surface area contributed by atoms with Crippen LogP contribution in [0.5, 0.6) is 0 Å². The van der Waals surface area contributed by atoms with Gasteiger partial charge < -0.3 is 14.4 Å². The van der Waals surface area contributed by atoms with Crippen molar-refractivity contribution in [1.82, 2.24) is 9.80 Å². The van der Waals surface area contributed by atoms with Crippen LogP contribution < -0.4 is 4.31 Å². The second-order valence-electron chi connectivity index (χ2n) is 10.2. The first kappa shape index (κ1) is 29.4. The molecule has 11 heteroatoms. The van der Waals surface area contributed by atoms with Crippen molar-refractivity contribution in [3.05, 3.63) is 65.0 Å². The van der Waals surface area contributed by atoms with Gasteiger partial charge in [-0.3, -0.25) is 9.21 Å². The molecular weight excluding hydrogens is 513 g/mol. The summed E-state index contributed by atoms with van der Waals surface area (Å²) in [5, 5.41) is 0. The fourth-order valence-electron chi connectivity index (χ4n) is 4.17. The number of thiol groups is 1. The Morgan fingerprint density at radius 3 is 2.24 bits per heavy atom. The molecule has 1 fully saturated rings. The number of anilines is 1. The molecule has 1 amide bonds. The molecule has 0 aromatic heterocycles. The zero-order valence-corrected chi connectivity index (χ0v) is 23.2. The van der Waals surface area contributed by atoms with Crippen LogP contribution in [0.25, 0.3) is 0 Å². The summed E-state index contributed by atoms with van der Waals surface area (Å²) in [6, 6.07) is 11.5. The predicted molar refractivity (Wildman–Crippen MR) is 143 cm³/mol. The number of ether oxygens (including phenoxy) is 2. The number of halogens is 1. The van der Waals surface area contributed by atoms with Gasteiger partial charge in [0.15, 0.2) is 0 Å². The quantitative estimate of drug-likeness (QED) is 0.377. The van der Waals surface area contributed by atoms with Crippen LogP contribution in [0.1, 0.15) is 48.7 Å². The average molecular weight is 550 g/mol. The van der Waals surface area contributed by atoms with Crippen molar-refractivity contribution >= 4 is 28.6 Å². The van der Waals surface area contributed by atoms with Gasteiger partial charge in [-0.1, -0.05) is 18.2 Å². The number of carbonyl (C=O) groups is 2. The van der Waals surface area contributed by atoms with Gasteiger partial charge in [-0.05, 0) is 69.0 Å². The average Bonchev–Trinajstić information content (AvgIpc) is 2.86. The van der Waals surface area contributed by atoms with E-state index in [1.54, 1.807) is 17.0 Å². The van der Waals surface area contributed by atoms with Crippen LogP contribution in [-0.4, -0.2) is 75.7 Å². The van der Waals surface area contributed by atoms with E-state index in [0.717, 1.165) is 24.7 Å².